The van der Waals surface area contributed by atoms with Gasteiger partial charge in [0, 0.05) is 17.7 Å². The second-order valence-electron chi connectivity index (χ2n) is 3.76. The zero-order valence-corrected chi connectivity index (χ0v) is 9.88. The van der Waals surface area contributed by atoms with Crippen LogP contribution < -0.4 is 10.5 Å². The standard InChI is InChI=1S/C12H17NO4/c1-7(14)8-3-4-11(17-2)9(5-8)12(16)10(15)6-13/h3-5,10,12,15-16H,6,13H2,1-2H3. The lowest BCUT2D eigenvalue weighted by atomic mass is 9.99. The number of benzene rings is 1. The lowest BCUT2D eigenvalue weighted by Crippen LogP contribution is -2.27. The number of carbonyl (C=O) groups excluding carboxylic acids is 1. The van der Waals surface area contributed by atoms with Crippen LogP contribution in [0.3, 0.4) is 0 Å². The van der Waals surface area contributed by atoms with Crippen molar-refractivity contribution in [2.45, 2.75) is 19.1 Å². The Bertz CT molecular complexity index is 405. The van der Waals surface area contributed by atoms with E-state index >= 15 is 0 Å². The number of methoxy groups -OCH3 is 1. The Hall–Kier alpha value is -1.43. The molecule has 5 nitrogen and oxygen atoms in total. The van der Waals surface area contributed by atoms with E-state index in [0.29, 0.717) is 16.9 Å². The van der Waals surface area contributed by atoms with Crippen molar-refractivity contribution in [2.24, 2.45) is 5.73 Å². The van der Waals surface area contributed by atoms with Gasteiger partial charge in [0.05, 0.1) is 13.2 Å². The zero-order valence-electron chi connectivity index (χ0n) is 9.88. The summed E-state index contributed by atoms with van der Waals surface area (Å²) in [5, 5.41) is 19.4. The molecule has 2 atom stereocenters. The Morgan fingerprint density at radius 1 is 1.47 bits per heavy atom. The number of nitrogens with two attached hydrogens (primary N) is 1. The number of hydrogen-bond donors (Lipinski definition) is 3. The third kappa shape index (κ3) is 3.03. The molecule has 0 aliphatic heterocycles. The second kappa shape index (κ2) is 5.77. The maximum absolute atomic E-state index is 11.2. The molecule has 0 saturated carbocycles. The van der Waals surface area contributed by atoms with Gasteiger partial charge in [0.2, 0.25) is 0 Å². The van der Waals surface area contributed by atoms with Crippen molar-refractivity contribution in [1.82, 2.24) is 0 Å². The van der Waals surface area contributed by atoms with Crippen molar-refractivity contribution >= 4 is 5.78 Å². The third-order valence-electron chi connectivity index (χ3n) is 2.56. The number of aliphatic hydroxyl groups is 2. The molecule has 0 bridgehead atoms. The van der Waals surface area contributed by atoms with E-state index in [1.807, 2.05) is 0 Å². The van der Waals surface area contributed by atoms with Crippen LogP contribution in [0.1, 0.15) is 28.9 Å². The highest BCUT2D eigenvalue weighted by Gasteiger charge is 2.21. The lowest BCUT2D eigenvalue weighted by molar-refractivity contribution is 0.0229. The molecule has 0 aliphatic rings. The Labute approximate surface area is 99.8 Å². The quantitative estimate of drug-likeness (QED) is 0.640. The van der Waals surface area contributed by atoms with E-state index in [2.05, 4.69) is 0 Å². The minimum atomic E-state index is -1.17. The van der Waals surface area contributed by atoms with E-state index in [1.165, 1.54) is 20.1 Å². The summed E-state index contributed by atoms with van der Waals surface area (Å²) < 4.78 is 5.07. The molecule has 4 N–H and O–H groups in total. The number of rotatable bonds is 5. The SMILES string of the molecule is COc1ccc(C(C)=O)cc1C(O)C(O)CN. The maximum Gasteiger partial charge on any atom is 0.159 e. The van der Waals surface area contributed by atoms with E-state index in [1.54, 1.807) is 12.1 Å². The van der Waals surface area contributed by atoms with E-state index in [-0.39, 0.29) is 12.3 Å². The van der Waals surface area contributed by atoms with Gasteiger partial charge in [0.25, 0.3) is 0 Å². The van der Waals surface area contributed by atoms with Gasteiger partial charge in [0.15, 0.2) is 5.78 Å². The monoisotopic (exact) mass is 239 g/mol. The number of hydrogen-bond acceptors (Lipinski definition) is 5. The Balaban J connectivity index is 3.18. The van der Waals surface area contributed by atoms with Crippen LogP contribution in [0.4, 0.5) is 0 Å². The van der Waals surface area contributed by atoms with Crippen molar-refractivity contribution in [1.29, 1.82) is 0 Å². The van der Waals surface area contributed by atoms with Crippen molar-refractivity contribution < 1.29 is 19.7 Å². The Morgan fingerprint density at radius 3 is 2.59 bits per heavy atom. The summed E-state index contributed by atoms with van der Waals surface area (Å²) in [6.07, 6.45) is -2.26. The molecule has 0 saturated heterocycles. The summed E-state index contributed by atoms with van der Waals surface area (Å²) in [5.74, 6) is 0.290. The van der Waals surface area contributed by atoms with Crippen molar-refractivity contribution in [3.05, 3.63) is 29.3 Å². The van der Waals surface area contributed by atoms with Crippen LogP contribution in [0.5, 0.6) is 5.75 Å². The molecule has 1 aromatic rings. The van der Waals surface area contributed by atoms with E-state index in [0.717, 1.165) is 0 Å². The van der Waals surface area contributed by atoms with Crippen molar-refractivity contribution in [2.75, 3.05) is 13.7 Å². The van der Waals surface area contributed by atoms with Gasteiger partial charge >= 0.3 is 0 Å². The molecule has 0 aliphatic carbocycles. The van der Waals surface area contributed by atoms with Gasteiger partial charge in [-0.15, -0.1) is 0 Å². The molecule has 0 heterocycles. The van der Waals surface area contributed by atoms with E-state index in [9.17, 15) is 15.0 Å². The first kappa shape index (κ1) is 13.6. The zero-order chi connectivity index (χ0) is 13.0. The summed E-state index contributed by atoms with van der Waals surface area (Å²) >= 11 is 0. The molecule has 0 spiro atoms. The average Bonchev–Trinajstić information content (AvgIpc) is 2.35. The maximum atomic E-state index is 11.2. The molecule has 0 aromatic heterocycles. The highest BCUT2D eigenvalue weighted by Crippen LogP contribution is 2.28. The van der Waals surface area contributed by atoms with Gasteiger partial charge in [-0.05, 0) is 25.1 Å². The Kier molecular flexibility index (Phi) is 4.62. The van der Waals surface area contributed by atoms with Gasteiger partial charge in [-0.2, -0.15) is 0 Å². The van der Waals surface area contributed by atoms with Crippen molar-refractivity contribution in [3.8, 4) is 5.75 Å². The summed E-state index contributed by atoms with van der Waals surface area (Å²) in [4.78, 5) is 11.2. The average molecular weight is 239 g/mol. The van der Waals surface area contributed by atoms with Crippen LogP contribution in [-0.4, -0.2) is 35.8 Å². The fourth-order valence-electron chi connectivity index (χ4n) is 1.52. The van der Waals surface area contributed by atoms with E-state index < -0.39 is 12.2 Å². The van der Waals surface area contributed by atoms with Gasteiger partial charge < -0.3 is 20.7 Å². The predicted octanol–water partition coefficient (Wildman–Crippen LogP) is 0.251. The minimum absolute atomic E-state index is 0.0748. The lowest BCUT2D eigenvalue weighted by Gasteiger charge is -2.19. The molecule has 2 unspecified atom stereocenters. The summed E-state index contributed by atoms with van der Waals surface area (Å²) in [6.45, 7) is 1.35. The number of carbonyl (C=O) groups is 1. The smallest absolute Gasteiger partial charge is 0.159 e. The molecule has 0 fully saturated rings. The van der Waals surface area contributed by atoms with Gasteiger partial charge in [0.1, 0.15) is 11.9 Å². The molecular formula is C12H17NO4. The van der Waals surface area contributed by atoms with Crippen LogP contribution in [0.15, 0.2) is 18.2 Å². The second-order valence-corrected chi connectivity index (χ2v) is 3.76. The summed E-state index contributed by atoms with van der Waals surface area (Å²) in [7, 11) is 1.45. The van der Waals surface area contributed by atoms with Crippen LogP contribution >= 0.6 is 0 Å². The molecule has 5 heteroatoms. The van der Waals surface area contributed by atoms with Crippen LogP contribution in [0.25, 0.3) is 0 Å². The highest BCUT2D eigenvalue weighted by atomic mass is 16.5. The number of Topliss-reactive ketones (excluding diaryl/α,β-unsaturated/α-hetero) is 1. The summed E-state index contributed by atoms with van der Waals surface area (Å²) in [6, 6.07) is 4.69. The van der Waals surface area contributed by atoms with Gasteiger partial charge in [-0.25, -0.2) is 0 Å². The van der Waals surface area contributed by atoms with Gasteiger partial charge in [-0.3, -0.25) is 4.79 Å². The Morgan fingerprint density at radius 2 is 2.12 bits per heavy atom. The summed E-state index contributed by atoms with van der Waals surface area (Å²) in [5.41, 5.74) is 6.09. The number of aliphatic hydroxyl groups excluding tert-OH is 2. The number of ketones is 1. The fourth-order valence-corrected chi connectivity index (χ4v) is 1.52. The highest BCUT2D eigenvalue weighted by molar-refractivity contribution is 5.94. The van der Waals surface area contributed by atoms with Crippen LogP contribution in [0.2, 0.25) is 0 Å². The van der Waals surface area contributed by atoms with Crippen LogP contribution in [-0.2, 0) is 0 Å². The molecule has 17 heavy (non-hydrogen) atoms. The molecule has 1 aromatic carbocycles. The van der Waals surface area contributed by atoms with E-state index in [4.69, 9.17) is 10.5 Å². The minimum Gasteiger partial charge on any atom is -0.496 e. The predicted molar refractivity (Wildman–Crippen MR) is 63.0 cm³/mol. The number of ether oxygens (including phenoxy) is 1. The normalized spacial score (nSPS) is 14.2. The molecule has 1 rings (SSSR count). The van der Waals surface area contributed by atoms with Crippen molar-refractivity contribution in [3.63, 3.8) is 0 Å². The molecule has 0 amide bonds. The molecular weight excluding hydrogens is 222 g/mol. The first-order valence-corrected chi connectivity index (χ1v) is 5.26. The van der Waals surface area contributed by atoms with Gasteiger partial charge in [-0.1, -0.05) is 0 Å². The fraction of sp³-hybridized carbons (Fsp3) is 0.417. The van der Waals surface area contributed by atoms with Crippen LogP contribution in [0, 0.1) is 0 Å². The third-order valence-corrected chi connectivity index (χ3v) is 2.56. The first-order chi connectivity index (χ1) is 8.01. The topological polar surface area (TPSA) is 92.8 Å². The molecule has 94 valence electrons. The first-order valence-electron chi connectivity index (χ1n) is 5.26. The molecule has 0 radical (unpaired) electrons. The largest absolute Gasteiger partial charge is 0.496 e.